The number of nitrogens with one attached hydrogen (secondary N) is 2. The number of ether oxygens (including phenoxy) is 1. The van der Waals surface area contributed by atoms with Crippen molar-refractivity contribution >= 4 is 40.7 Å². The van der Waals surface area contributed by atoms with Gasteiger partial charge in [0.1, 0.15) is 5.75 Å². The number of carbonyl (C=O) groups is 3. The number of nitrogens with zero attached hydrogens (tertiary/aromatic N) is 1. The van der Waals surface area contributed by atoms with E-state index in [0.29, 0.717) is 27.7 Å². The van der Waals surface area contributed by atoms with Crippen molar-refractivity contribution < 1.29 is 19.1 Å². The molecule has 2 N–H and O–H groups in total. The van der Waals surface area contributed by atoms with Crippen molar-refractivity contribution in [2.75, 3.05) is 17.3 Å². The summed E-state index contributed by atoms with van der Waals surface area (Å²) in [7, 11) is 1.50. The minimum absolute atomic E-state index is 0.158. The maximum atomic E-state index is 13.1. The highest BCUT2D eigenvalue weighted by Crippen LogP contribution is 2.40. The topological polar surface area (TPSA) is 87.7 Å². The highest BCUT2D eigenvalue weighted by Gasteiger charge is 2.56. The summed E-state index contributed by atoms with van der Waals surface area (Å²) in [6.07, 6.45) is 0.340. The molecule has 0 spiro atoms. The van der Waals surface area contributed by atoms with E-state index in [-0.39, 0.29) is 24.7 Å². The fourth-order valence-electron chi connectivity index (χ4n) is 3.55. The molecule has 2 aromatic rings. The molecule has 2 aliphatic heterocycles. The van der Waals surface area contributed by atoms with E-state index in [4.69, 9.17) is 16.3 Å². The van der Waals surface area contributed by atoms with E-state index in [1.807, 2.05) is 0 Å². The molecule has 7 nitrogen and oxygen atoms in total. The zero-order valence-electron chi connectivity index (χ0n) is 14.4. The van der Waals surface area contributed by atoms with E-state index in [1.54, 1.807) is 42.5 Å². The van der Waals surface area contributed by atoms with Crippen molar-refractivity contribution in [1.82, 2.24) is 5.32 Å². The lowest BCUT2D eigenvalue weighted by Crippen LogP contribution is -2.68. The van der Waals surface area contributed by atoms with Gasteiger partial charge < -0.3 is 15.4 Å². The highest BCUT2D eigenvalue weighted by molar-refractivity contribution is 6.32. The molecule has 8 heteroatoms. The summed E-state index contributed by atoms with van der Waals surface area (Å²) in [4.78, 5) is 39.6. The Labute approximate surface area is 160 Å². The second-order valence-corrected chi connectivity index (χ2v) is 6.77. The van der Waals surface area contributed by atoms with Gasteiger partial charge in [0.25, 0.3) is 11.8 Å². The second-order valence-electron chi connectivity index (χ2n) is 6.36. The number of methoxy groups -OCH3 is 1. The van der Waals surface area contributed by atoms with Crippen LogP contribution in [0.5, 0.6) is 5.75 Å². The minimum Gasteiger partial charge on any atom is -0.495 e. The zero-order chi connectivity index (χ0) is 19.2. The van der Waals surface area contributed by atoms with Crippen LogP contribution in [0.4, 0.5) is 11.4 Å². The fraction of sp³-hybridized carbons (Fsp3) is 0.211. The van der Waals surface area contributed by atoms with Gasteiger partial charge >= 0.3 is 0 Å². The minimum atomic E-state index is -1.46. The zero-order valence-corrected chi connectivity index (χ0v) is 15.2. The molecular weight excluding hydrogens is 370 g/mol. The number of hydrogen-bond acceptors (Lipinski definition) is 4. The molecule has 4 rings (SSSR count). The Hall–Kier alpha value is -3.06. The Morgan fingerprint density at radius 2 is 2.04 bits per heavy atom. The average molecular weight is 386 g/mol. The van der Waals surface area contributed by atoms with Crippen LogP contribution in [0, 0.1) is 0 Å². The van der Waals surface area contributed by atoms with Crippen LogP contribution >= 0.6 is 11.6 Å². The molecule has 1 fully saturated rings. The van der Waals surface area contributed by atoms with E-state index in [0.717, 1.165) is 0 Å². The van der Waals surface area contributed by atoms with Gasteiger partial charge in [-0.15, -0.1) is 0 Å². The molecule has 1 atom stereocenters. The van der Waals surface area contributed by atoms with E-state index in [9.17, 15) is 14.4 Å². The molecule has 1 saturated heterocycles. The number of para-hydroxylation sites is 1. The van der Waals surface area contributed by atoms with Crippen LogP contribution in [0.1, 0.15) is 23.2 Å². The Morgan fingerprint density at radius 1 is 1.26 bits per heavy atom. The van der Waals surface area contributed by atoms with E-state index in [1.165, 1.54) is 12.0 Å². The number of fused-ring (bicyclic) bond motifs is 3. The number of anilines is 2. The maximum Gasteiger partial charge on any atom is 0.271 e. The van der Waals surface area contributed by atoms with Crippen LogP contribution in [0.25, 0.3) is 0 Å². The van der Waals surface area contributed by atoms with E-state index in [2.05, 4.69) is 10.6 Å². The van der Waals surface area contributed by atoms with Gasteiger partial charge in [0.2, 0.25) is 11.6 Å². The van der Waals surface area contributed by atoms with Gasteiger partial charge in [-0.05, 0) is 30.3 Å². The lowest BCUT2D eigenvalue weighted by molar-refractivity contribution is -0.124. The number of amides is 3. The standard InChI is InChI=1S/C19H16ClN3O4/c1-27-15-7-6-11(10-13(15)20)21-18(26)19-9-8-16(24)23(19)14-5-3-2-4-12(14)17(25)22-19/h2-7,10H,8-9H2,1H3,(H,21,26)(H,22,25)/t19-/m1/s1. The van der Waals surface area contributed by atoms with Gasteiger partial charge in [-0.25, -0.2) is 0 Å². The number of carbonyl (C=O) groups excluding carboxylic acids is 3. The summed E-state index contributed by atoms with van der Waals surface area (Å²) in [6, 6.07) is 11.6. The third-order valence-electron chi connectivity index (χ3n) is 4.83. The third kappa shape index (κ3) is 2.62. The van der Waals surface area contributed by atoms with Crippen LogP contribution < -0.4 is 20.3 Å². The Morgan fingerprint density at radius 3 is 2.78 bits per heavy atom. The van der Waals surface area contributed by atoms with Crippen LogP contribution in [-0.2, 0) is 9.59 Å². The second kappa shape index (κ2) is 6.28. The summed E-state index contributed by atoms with van der Waals surface area (Å²) in [5, 5.41) is 5.82. The van der Waals surface area contributed by atoms with E-state index >= 15 is 0 Å². The van der Waals surface area contributed by atoms with Crippen molar-refractivity contribution in [3.8, 4) is 5.75 Å². The normalized spacial score (nSPS) is 20.6. The Balaban J connectivity index is 1.71. The molecule has 3 amide bonds. The van der Waals surface area contributed by atoms with E-state index < -0.39 is 11.6 Å². The maximum absolute atomic E-state index is 13.1. The van der Waals surface area contributed by atoms with Gasteiger partial charge in [-0.3, -0.25) is 19.3 Å². The number of benzene rings is 2. The molecule has 0 aliphatic carbocycles. The van der Waals surface area contributed by atoms with Crippen molar-refractivity contribution in [1.29, 1.82) is 0 Å². The van der Waals surface area contributed by atoms with Crippen LogP contribution in [-0.4, -0.2) is 30.5 Å². The number of hydrogen-bond donors (Lipinski definition) is 2. The third-order valence-corrected chi connectivity index (χ3v) is 5.12. The molecule has 0 aromatic heterocycles. The predicted octanol–water partition coefficient (Wildman–Crippen LogP) is 2.55. The first kappa shape index (κ1) is 17.4. The van der Waals surface area contributed by atoms with Crippen LogP contribution in [0.15, 0.2) is 42.5 Å². The lowest BCUT2D eigenvalue weighted by atomic mass is 9.98. The fourth-order valence-corrected chi connectivity index (χ4v) is 3.81. The van der Waals surface area contributed by atoms with Gasteiger partial charge in [-0.1, -0.05) is 23.7 Å². The Kier molecular flexibility index (Phi) is 4.04. The van der Waals surface area contributed by atoms with Crippen molar-refractivity contribution in [3.05, 3.63) is 53.1 Å². The van der Waals surface area contributed by atoms with Gasteiger partial charge in [0.05, 0.1) is 23.4 Å². The molecule has 0 unspecified atom stereocenters. The summed E-state index contributed by atoms with van der Waals surface area (Å²) in [6.45, 7) is 0. The average Bonchev–Trinajstić information content (AvgIpc) is 3.00. The smallest absolute Gasteiger partial charge is 0.271 e. The van der Waals surface area contributed by atoms with Gasteiger partial charge in [-0.2, -0.15) is 0 Å². The van der Waals surface area contributed by atoms with Crippen molar-refractivity contribution in [3.63, 3.8) is 0 Å². The molecule has 2 aliphatic rings. The largest absolute Gasteiger partial charge is 0.495 e. The molecule has 0 saturated carbocycles. The Bertz CT molecular complexity index is 977. The van der Waals surface area contributed by atoms with Gasteiger partial charge in [0.15, 0.2) is 0 Å². The SMILES string of the molecule is COc1ccc(NC(=O)[C@@]23CCC(=O)N2c2ccccc2C(=O)N3)cc1Cl. The molecule has 27 heavy (non-hydrogen) atoms. The van der Waals surface area contributed by atoms with Gasteiger partial charge in [0, 0.05) is 18.5 Å². The molecule has 0 bridgehead atoms. The first-order valence-corrected chi connectivity index (χ1v) is 8.74. The summed E-state index contributed by atoms with van der Waals surface area (Å²) in [5.74, 6) is -0.632. The predicted molar refractivity (Wildman–Crippen MR) is 100.0 cm³/mol. The first-order valence-electron chi connectivity index (χ1n) is 8.36. The van der Waals surface area contributed by atoms with Crippen LogP contribution in [0.3, 0.4) is 0 Å². The number of rotatable bonds is 3. The highest BCUT2D eigenvalue weighted by atomic mass is 35.5. The number of halogens is 1. The van der Waals surface area contributed by atoms with Crippen LogP contribution in [0.2, 0.25) is 5.02 Å². The summed E-state index contributed by atoms with van der Waals surface area (Å²) in [5.41, 5.74) is -0.225. The lowest BCUT2D eigenvalue weighted by Gasteiger charge is -2.41. The molecular formula is C19H16ClN3O4. The molecule has 2 aromatic carbocycles. The monoisotopic (exact) mass is 385 g/mol. The van der Waals surface area contributed by atoms with Crippen molar-refractivity contribution in [2.24, 2.45) is 0 Å². The summed E-state index contributed by atoms with van der Waals surface area (Å²) < 4.78 is 5.10. The van der Waals surface area contributed by atoms with Crippen molar-refractivity contribution in [2.45, 2.75) is 18.5 Å². The molecule has 138 valence electrons. The quantitative estimate of drug-likeness (QED) is 0.850. The first-order chi connectivity index (χ1) is 13.0. The summed E-state index contributed by atoms with van der Waals surface area (Å²) >= 11 is 6.11. The molecule has 0 radical (unpaired) electrons. The molecule has 2 heterocycles.